The van der Waals surface area contributed by atoms with Crippen molar-refractivity contribution in [1.29, 1.82) is 0 Å². The van der Waals surface area contributed by atoms with Crippen LogP contribution in [-0.4, -0.2) is 19.1 Å². The fourth-order valence-corrected chi connectivity index (χ4v) is 2.97. The lowest BCUT2D eigenvalue weighted by atomic mass is 9.94. The predicted octanol–water partition coefficient (Wildman–Crippen LogP) is 3.95. The van der Waals surface area contributed by atoms with Crippen molar-refractivity contribution in [3.63, 3.8) is 0 Å². The first kappa shape index (κ1) is 15.3. The fourth-order valence-electron chi connectivity index (χ4n) is 2.97. The SMILES string of the molecule is CCC1CCCN(c2c(F)cccc2CNC(C)C)C1. The van der Waals surface area contributed by atoms with E-state index in [0.29, 0.717) is 12.0 Å². The molecule has 1 aliphatic rings. The van der Waals surface area contributed by atoms with Crippen molar-refractivity contribution >= 4 is 5.69 Å². The summed E-state index contributed by atoms with van der Waals surface area (Å²) in [6, 6.07) is 5.86. The van der Waals surface area contributed by atoms with Crippen molar-refractivity contribution < 1.29 is 4.39 Å². The van der Waals surface area contributed by atoms with Crippen LogP contribution in [0.15, 0.2) is 18.2 Å². The van der Waals surface area contributed by atoms with Crippen molar-refractivity contribution in [2.24, 2.45) is 5.92 Å². The van der Waals surface area contributed by atoms with Crippen LogP contribution in [0.5, 0.6) is 0 Å². The van der Waals surface area contributed by atoms with E-state index in [1.165, 1.54) is 19.3 Å². The second-order valence-corrected chi connectivity index (χ2v) is 6.15. The summed E-state index contributed by atoms with van der Waals surface area (Å²) in [7, 11) is 0. The van der Waals surface area contributed by atoms with E-state index in [1.807, 2.05) is 12.1 Å². The summed E-state index contributed by atoms with van der Waals surface area (Å²) in [4.78, 5) is 2.25. The summed E-state index contributed by atoms with van der Waals surface area (Å²) in [6.07, 6.45) is 3.63. The Morgan fingerprint density at radius 2 is 2.20 bits per heavy atom. The van der Waals surface area contributed by atoms with Gasteiger partial charge in [0.2, 0.25) is 0 Å². The summed E-state index contributed by atoms with van der Waals surface area (Å²) < 4.78 is 14.3. The van der Waals surface area contributed by atoms with Gasteiger partial charge >= 0.3 is 0 Å². The first-order valence-electron chi connectivity index (χ1n) is 7.87. The molecule has 0 aliphatic carbocycles. The van der Waals surface area contributed by atoms with E-state index in [0.717, 1.165) is 30.9 Å². The number of halogens is 1. The molecule has 0 saturated carbocycles. The van der Waals surface area contributed by atoms with Gasteiger partial charge in [-0.15, -0.1) is 0 Å². The first-order valence-corrected chi connectivity index (χ1v) is 7.87. The van der Waals surface area contributed by atoms with Crippen molar-refractivity contribution in [1.82, 2.24) is 5.32 Å². The van der Waals surface area contributed by atoms with Crippen molar-refractivity contribution in [2.75, 3.05) is 18.0 Å². The molecule has 0 amide bonds. The molecule has 112 valence electrons. The van der Waals surface area contributed by atoms with Crippen LogP contribution >= 0.6 is 0 Å². The smallest absolute Gasteiger partial charge is 0.146 e. The number of hydrogen-bond acceptors (Lipinski definition) is 2. The lowest BCUT2D eigenvalue weighted by Gasteiger charge is -2.35. The summed E-state index contributed by atoms with van der Waals surface area (Å²) in [5, 5.41) is 3.40. The minimum atomic E-state index is -0.0789. The van der Waals surface area contributed by atoms with Gasteiger partial charge in [-0.05, 0) is 30.4 Å². The molecule has 3 heteroatoms. The Hall–Kier alpha value is -1.09. The van der Waals surface area contributed by atoms with E-state index in [1.54, 1.807) is 6.07 Å². The Kier molecular flexibility index (Phi) is 5.41. The van der Waals surface area contributed by atoms with E-state index >= 15 is 0 Å². The summed E-state index contributed by atoms with van der Waals surface area (Å²) >= 11 is 0. The molecule has 0 bridgehead atoms. The van der Waals surface area contributed by atoms with E-state index in [2.05, 4.69) is 31.0 Å². The van der Waals surface area contributed by atoms with Crippen molar-refractivity contribution in [3.05, 3.63) is 29.6 Å². The molecule has 0 aromatic heterocycles. The second-order valence-electron chi connectivity index (χ2n) is 6.15. The summed E-state index contributed by atoms with van der Waals surface area (Å²) in [6.45, 7) is 9.17. The van der Waals surface area contributed by atoms with Gasteiger partial charge in [-0.25, -0.2) is 4.39 Å². The van der Waals surface area contributed by atoms with Crippen LogP contribution < -0.4 is 10.2 Å². The number of rotatable bonds is 5. The molecule has 2 nitrogen and oxygen atoms in total. The topological polar surface area (TPSA) is 15.3 Å². The van der Waals surface area contributed by atoms with Crippen LogP contribution in [0.25, 0.3) is 0 Å². The van der Waals surface area contributed by atoms with Crippen LogP contribution in [0.2, 0.25) is 0 Å². The largest absolute Gasteiger partial charge is 0.369 e. The van der Waals surface area contributed by atoms with Gasteiger partial charge in [-0.2, -0.15) is 0 Å². The number of hydrogen-bond donors (Lipinski definition) is 1. The zero-order valence-corrected chi connectivity index (χ0v) is 13.0. The average molecular weight is 278 g/mol. The number of para-hydroxylation sites is 1. The van der Waals surface area contributed by atoms with Gasteiger partial charge in [0.15, 0.2) is 0 Å². The minimum Gasteiger partial charge on any atom is -0.369 e. The van der Waals surface area contributed by atoms with Gasteiger partial charge in [-0.1, -0.05) is 39.3 Å². The highest BCUT2D eigenvalue weighted by Gasteiger charge is 2.22. The lowest BCUT2D eigenvalue weighted by Crippen LogP contribution is -2.37. The van der Waals surface area contributed by atoms with Gasteiger partial charge in [0.25, 0.3) is 0 Å². The lowest BCUT2D eigenvalue weighted by molar-refractivity contribution is 0.400. The summed E-state index contributed by atoms with van der Waals surface area (Å²) in [5.41, 5.74) is 1.90. The molecule has 1 fully saturated rings. The fraction of sp³-hybridized carbons (Fsp3) is 0.647. The Morgan fingerprint density at radius 1 is 1.40 bits per heavy atom. The highest BCUT2D eigenvalue weighted by atomic mass is 19.1. The minimum absolute atomic E-state index is 0.0789. The van der Waals surface area contributed by atoms with Crippen LogP contribution in [0.4, 0.5) is 10.1 Å². The predicted molar refractivity (Wildman–Crippen MR) is 83.6 cm³/mol. The van der Waals surface area contributed by atoms with Crippen molar-refractivity contribution in [2.45, 2.75) is 52.6 Å². The molecule has 1 aromatic carbocycles. The molecule has 0 spiro atoms. The van der Waals surface area contributed by atoms with Gasteiger partial charge in [0.1, 0.15) is 5.82 Å². The summed E-state index contributed by atoms with van der Waals surface area (Å²) in [5.74, 6) is 0.624. The Balaban J connectivity index is 2.20. The Labute approximate surface area is 122 Å². The van der Waals surface area contributed by atoms with Gasteiger partial charge in [-0.3, -0.25) is 0 Å². The highest BCUT2D eigenvalue weighted by Crippen LogP contribution is 2.30. The van der Waals surface area contributed by atoms with Gasteiger partial charge in [0.05, 0.1) is 5.69 Å². The van der Waals surface area contributed by atoms with Crippen LogP contribution in [0, 0.1) is 11.7 Å². The zero-order chi connectivity index (χ0) is 14.5. The first-order chi connectivity index (χ1) is 9.61. The molecule has 1 heterocycles. The Morgan fingerprint density at radius 3 is 2.90 bits per heavy atom. The van der Waals surface area contributed by atoms with E-state index < -0.39 is 0 Å². The van der Waals surface area contributed by atoms with E-state index in [9.17, 15) is 4.39 Å². The molecule has 0 radical (unpaired) electrons. The maximum absolute atomic E-state index is 14.3. The third-order valence-corrected chi connectivity index (χ3v) is 4.18. The second kappa shape index (κ2) is 7.07. The number of nitrogens with zero attached hydrogens (tertiary/aromatic N) is 1. The van der Waals surface area contributed by atoms with Crippen LogP contribution in [-0.2, 0) is 6.54 Å². The van der Waals surface area contributed by atoms with E-state index in [4.69, 9.17) is 0 Å². The van der Waals surface area contributed by atoms with Crippen LogP contribution in [0.3, 0.4) is 0 Å². The standard InChI is InChI=1S/C17H27FN2/c1-4-14-7-6-10-20(12-14)17-15(11-19-13(2)3)8-5-9-16(17)18/h5,8-9,13-14,19H,4,6-7,10-12H2,1-3H3. The molecular weight excluding hydrogens is 251 g/mol. The molecule has 1 saturated heterocycles. The monoisotopic (exact) mass is 278 g/mol. The maximum Gasteiger partial charge on any atom is 0.146 e. The Bertz CT molecular complexity index is 431. The number of nitrogens with one attached hydrogen (secondary N) is 1. The van der Waals surface area contributed by atoms with E-state index in [-0.39, 0.29) is 5.82 Å². The normalized spacial score (nSPS) is 19.6. The highest BCUT2D eigenvalue weighted by molar-refractivity contribution is 5.55. The van der Waals surface area contributed by atoms with Gasteiger partial charge < -0.3 is 10.2 Å². The molecule has 1 N–H and O–H groups in total. The molecule has 20 heavy (non-hydrogen) atoms. The zero-order valence-electron chi connectivity index (χ0n) is 13.0. The van der Waals surface area contributed by atoms with Crippen LogP contribution in [0.1, 0.15) is 45.6 Å². The van der Waals surface area contributed by atoms with Gasteiger partial charge in [0, 0.05) is 25.7 Å². The number of benzene rings is 1. The molecule has 1 aromatic rings. The maximum atomic E-state index is 14.3. The number of anilines is 1. The molecule has 1 atom stereocenters. The third-order valence-electron chi connectivity index (χ3n) is 4.18. The molecular formula is C17H27FN2. The molecule has 1 unspecified atom stereocenters. The molecule has 1 aliphatic heterocycles. The molecule has 2 rings (SSSR count). The van der Waals surface area contributed by atoms with Crippen molar-refractivity contribution in [3.8, 4) is 0 Å². The third kappa shape index (κ3) is 3.72. The average Bonchev–Trinajstić information content (AvgIpc) is 2.45. The number of piperidine rings is 1. The quantitative estimate of drug-likeness (QED) is 0.877.